The van der Waals surface area contributed by atoms with Gasteiger partial charge >= 0.3 is 5.97 Å². The number of ether oxygens (including phenoxy) is 1. The summed E-state index contributed by atoms with van der Waals surface area (Å²) in [5.74, 6) is -1.14. The number of carbonyl (C=O) groups is 2. The molecule has 0 heterocycles. The number of rotatable bonds is 7. The molecule has 0 atom stereocenters. The normalized spacial score (nSPS) is 10.0. The third-order valence-electron chi connectivity index (χ3n) is 2.90. The molecule has 0 unspecified atom stereocenters. The van der Waals surface area contributed by atoms with E-state index in [1.165, 1.54) is 17.0 Å². The quantitative estimate of drug-likeness (QED) is 0.312. The van der Waals surface area contributed by atoms with E-state index in [0.29, 0.717) is 13.1 Å². The SMILES string of the molecule is C=C(C)CN(CC)C(=O)COC(=O)c1ccc(Br)c([N+](=O)[O-])c1. The number of amides is 1. The van der Waals surface area contributed by atoms with Crippen LogP contribution in [0.5, 0.6) is 0 Å². The Kier molecular flexibility index (Phi) is 6.89. The Hall–Kier alpha value is -2.22. The molecule has 8 heteroatoms. The second kappa shape index (κ2) is 8.42. The van der Waals surface area contributed by atoms with Gasteiger partial charge in [0, 0.05) is 19.2 Å². The van der Waals surface area contributed by atoms with E-state index in [4.69, 9.17) is 4.74 Å². The zero-order chi connectivity index (χ0) is 17.6. The lowest BCUT2D eigenvalue weighted by atomic mass is 10.2. The highest BCUT2D eigenvalue weighted by molar-refractivity contribution is 9.10. The first-order chi connectivity index (χ1) is 10.8. The van der Waals surface area contributed by atoms with Crippen LogP contribution in [0.15, 0.2) is 34.8 Å². The van der Waals surface area contributed by atoms with Gasteiger partial charge in [0.15, 0.2) is 6.61 Å². The minimum Gasteiger partial charge on any atom is -0.452 e. The van der Waals surface area contributed by atoms with Crippen LogP contribution in [0.25, 0.3) is 0 Å². The number of hydrogen-bond acceptors (Lipinski definition) is 5. The van der Waals surface area contributed by atoms with Crippen molar-refractivity contribution in [2.75, 3.05) is 19.7 Å². The molecule has 0 saturated carbocycles. The molecule has 1 aromatic rings. The topological polar surface area (TPSA) is 89.8 Å². The van der Waals surface area contributed by atoms with Crippen molar-refractivity contribution in [1.82, 2.24) is 4.90 Å². The third kappa shape index (κ3) is 5.48. The number of benzene rings is 1. The van der Waals surface area contributed by atoms with Crippen molar-refractivity contribution in [2.24, 2.45) is 0 Å². The van der Waals surface area contributed by atoms with Crippen molar-refractivity contribution in [3.05, 3.63) is 50.5 Å². The van der Waals surface area contributed by atoms with E-state index < -0.39 is 17.5 Å². The average Bonchev–Trinajstić information content (AvgIpc) is 2.49. The van der Waals surface area contributed by atoms with Crippen LogP contribution in [-0.4, -0.2) is 41.4 Å². The van der Waals surface area contributed by atoms with Crippen LogP contribution in [0.3, 0.4) is 0 Å². The highest BCUT2D eigenvalue weighted by atomic mass is 79.9. The number of nitrogens with zero attached hydrogens (tertiary/aromatic N) is 2. The molecule has 0 aromatic heterocycles. The molecule has 7 nitrogen and oxygen atoms in total. The number of carbonyl (C=O) groups excluding carboxylic acids is 2. The molecule has 0 radical (unpaired) electrons. The van der Waals surface area contributed by atoms with Crippen LogP contribution in [0.2, 0.25) is 0 Å². The predicted molar refractivity (Wildman–Crippen MR) is 88.1 cm³/mol. The highest BCUT2D eigenvalue weighted by Gasteiger charge is 2.19. The van der Waals surface area contributed by atoms with Gasteiger partial charge in [0.1, 0.15) is 0 Å². The second-order valence-corrected chi connectivity index (χ2v) is 5.72. The first-order valence-electron chi connectivity index (χ1n) is 6.79. The Labute approximate surface area is 142 Å². The summed E-state index contributed by atoms with van der Waals surface area (Å²) in [5, 5.41) is 10.8. The molecule has 0 aliphatic heterocycles. The Morgan fingerprint density at radius 2 is 2.09 bits per heavy atom. The first kappa shape index (κ1) is 18.8. The average molecular weight is 385 g/mol. The van der Waals surface area contributed by atoms with Crippen LogP contribution in [0.1, 0.15) is 24.2 Å². The fourth-order valence-corrected chi connectivity index (χ4v) is 2.18. The summed E-state index contributed by atoms with van der Waals surface area (Å²) < 4.78 is 5.19. The van der Waals surface area contributed by atoms with E-state index in [1.54, 1.807) is 13.8 Å². The maximum atomic E-state index is 12.0. The Balaban J connectivity index is 2.73. The standard InChI is InChI=1S/C15H17BrN2O5/c1-4-17(8-10(2)3)14(19)9-23-15(20)11-5-6-12(16)13(7-11)18(21)22/h5-7H,2,4,8-9H2,1,3H3. The highest BCUT2D eigenvalue weighted by Crippen LogP contribution is 2.25. The lowest BCUT2D eigenvalue weighted by Crippen LogP contribution is -2.35. The molecule has 0 N–H and O–H groups in total. The largest absolute Gasteiger partial charge is 0.452 e. The molecule has 1 aromatic carbocycles. The molecular weight excluding hydrogens is 368 g/mol. The molecule has 1 rings (SSSR count). The molecule has 1 amide bonds. The smallest absolute Gasteiger partial charge is 0.338 e. The number of likely N-dealkylation sites (N-methyl/N-ethyl adjacent to an activating group) is 1. The van der Waals surface area contributed by atoms with Gasteiger partial charge in [-0.15, -0.1) is 0 Å². The summed E-state index contributed by atoms with van der Waals surface area (Å²) in [4.78, 5) is 35.6. The van der Waals surface area contributed by atoms with E-state index in [2.05, 4.69) is 22.5 Å². The summed E-state index contributed by atoms with van der Waals surface area (Å²) in [7, 11) is 0. The predicted octanol–water partition coefficient (Wildman–Crippen LogP) is 2.94. The van der Waals surface area contributed by atoms with Gasteiger partial charge in [-0.05, 0) is 41.9 Å². The molecule has 0 bridgehead atoms. The van der Waals surface area contributed by atoms with E-state index in [1.807, 2.05) is 0 Å². The number of halogens is 1. The van der Waals surface area contributed by atoms with Gasteiger partial charge in [0.25, 0.3) is 11.6 Å². The molecule has 124 valence electrons. The summed E-state index contributed by atoms with van der Waals surface area (Å²) in [6.07, 6.45) is 0. The van der Waals surface area contributed by atoms with Crippen molar-refractivity contribution in [3.63, 3.8) is 0 Å². The zero-order valence-electron chi connectivity index (χ0n) is 12.9. The van der Waals surface area contributed by atoms with Crippen LogP contribution in [-0.2, 0) is 9.53 Å². The van der Waals surface area contributed by atoms with Gasteiger partial charge in [0.2, 0.25) is 0 Å². The fraction of sp³-hybridized carbons (Fsp3) is 0.333. The molecule has 0 saturated heterocycles. The monoisotopic (exact) mass is 384 g/mol. The fourth-order valence-electron chi connectivity index (χ4n) is 1.78. The van der Waals surface area contributed by atoms with Crippen LogP contribution >= 0.6 is 15.9 Å². The lowest BCUT2D eigenvalue weighted by Gasteiger charge is -2.20. The van der Waals surface area contributed by atoms with Crippen LogP contribution in [0, 0.1) is 10.1 Å². The lowest BCUT2D eigenvalue weighted by molar-refractivity contribution is -0.385. The van der Waals surface area contributed by atoms with Gasteiger partial charge in [0.05, 0.1) is 15.0 Å². The van der Waals surface area contributed by atoms with Gasteiger partial charge in [-0.25, -0.2) is 4.79 Å². The second-order valence-electron chi connectivity index (χ2n) is 4.86. The van der Waals surface area contributed by atoms with Crippen molar-refractivity contribution in [2.45, 2.75) is 13.8 Å². The third-order valence-corrected chi connectivity index (χ3v) is 3.57. The minimum absolute atomic E-state index is 0.00986. The summed E-state index contributed by atoms with van der Waals surface area (Å²) in [6, 6.07) is 3.87. The minimum atomic E-state index is -0.791. The summed E-state index contributed by atoms with van der Waals surface area (Å²) in [5.41, 5.74) is 0.578. The maximum Gasteiger partial charge on any atom is 0.338 e. The number of nitro benzene ring substituents is 1. The first-order valence-corrected chi connectivity index (χ1v) is 7.58. The van der Waals surface area contributed by atoms with E-state index >= 15 is 0 Å². The zero-order valence-corrected chi connectivity index (χ0v) is 14.5. The van der Waals surface area contributed by atoms with Crippen molar-refractivity contribution in [3.8, 4) is 0 Å². The van der Waals surface area contributed by atoms with Crippen LogP contribution < -0.4 is 0 Å². The Bertz CT molecular complexity index is 645. The molecule has 0 aliphatic carbocycles. The molecule has 0 spiro atoms. The summed E-state index contributed by atoms with van der Waals surface area (Å²) in [6.45, 7) is 7.76. The number of esters is 1. The van der Waals surface area contributed by atoms with Crippen molar-refractivity contribution in [1.29, 1.82) is 0 Å². The molecule has 0 fully saturated rings. The molecule has 0 aliphatic rings. The van der Waals surface area contributed by atoms with Crippen molar-refractivity contribution < 1.29 is 19.2 Å². The van der Waals surface area contributed by atoms with Crippen LogP contribution in [0.4, 0.5) is 5.69 Å². The van der Waals surface area contributed by atoms with E-state index in [-0.39, 0.29) is 21.6 Å². The van der Waals surface area contributed by atoms with Gasteiger partial charge in [-0.3, -0.25) is 14.9 Å². The molecule has 23 heavy (non-hydrogen) atoms. The Morgan fingerprint density at radius 3 is 2.61 bits per heavy atom. The molecular formula is C15H17BrN2O5. The Morgan fingerprint density at radius 1 is 1.43 bits per heavy atom. The van der Waals surface area contributed by atoms with Gasteiger partial charge in [-0.1, -0.05) is 12.2 Å². The van der Waals surface area contributed by atoms with E-state index in [0.717, 1.165) is 11.6 Å². The van der Waals surface area contributed by atoms with Gasteiger partial charge in [-0.2, -0.15) is 0 Å². The number of nitro groups is 1. The number of hydrogen-bond donors (Lipinski definition) is 0. The van der Waals surface area contributed by atoms with E-state index in [9.17, 15) is 19.7 Å². The maximum absolute atomic E-state index is 12.0. The van der Waals surface area contributed by atoms with Crippen molar-refractivity contribution >= 4 is 33.5 Å². The summed E-state index contributed by atoms with van der Waals surface area (Å²) >= 11 is 3.03. The van der Waals surface area contributed by atoms with Gasteiger partial charge < -0.3 is 9.64 Å².